The first-order valence-corrected chi connectivity index (χ1v) is 4.72. The van der Waals surface area contributed by atoms with E-state index in [9.17, 15) is 4.79 Å². The summed E-state index contributed by atoms with van der Waals surface area (Å²) in [7, 11) is 0. The van der Waals surface area contributed by atoms with E-state index in [1.165, 1.54) is 0 Å². The zero-order valence-corrected chi connectivity index (χ0v) is 6.99. The monoisotopic (exact) mass is 176 g/mol. The van der Waals surface area contributed by atoms with Crippen LogP contribution in [0, 0.1) is 0 Å². The SMILES string of the molecule is O=C(O)NC1CNCCSC1. The van der Waals surface area contributed by atoms with Crippen molar-refractivity contribution in [2.45, 2.75) is 6.04 Å². The Kier molecular flexibility index (Phi) is 3.51. The third-order valence-corrected chi connectivity index (χ3v) is 2.59. The molecule has 0 saturated carbocycles. The van der Waals surface area contributed by atoms with Gasteiger partial charge in [0, 0.05) is 24.6 Å². The van der Waals surface area contributed by atoms with Crippen LogP contribution in [0.2, 0.25) is 0 Å². The molecule has 64 valence electrons. The Morgan fingerprint density at radius 1 is 1.73 bits per heavy atom. The molecule has 1 aliphatic heterocycles. The molecular formula is C6H12N2O2S. The number of hydrogen-bond donors (Lipinski definition) is 3. The van der Waals surface area contributed by atoms with Crippen molar-refractivity contribution in [2.24, 2.45) is 0 Å². The van der Waals surface area contributed by atoms with Gasteiger partial charge in [-0.1, -0.05) is 0 Å². The normalized spacial score (nSPS) is 25.6. The van der Waals surface area contributed by atoms with E-state index in [4.69, 9.17) is 5.11 Å². The van der Waals surface area contributed by atoms with Gasteiger partial charge in [-0.3, -0.25) is 0 Å². The molecule has 1 unspecified atom stereocenters. The van der Waals surface area contributed by atoms with Crippen molar-refractivity contribution in [3.8, 4) is 0 Å². The number of carbonyl (C=O) groups is 1. The van der Waals surface area contributed by atoms with Crippen molar-refractivity contribution in [3.05, 3.63) is 0 Å². The highest BCUT2D eigenvalue weighted by Gasteiger charge is 2.12. The zero-order valence-electron chi connectivity index (χ0n) is 6.17. The van der Waals surface area contributed by atoms with E-state index >= 15 is 0 Å². The molecule has 1 fully saturated rings. The van der Waals surface area contributed by atoms with Gasteiger partial charge >= 0.3 is 6.09 Å². The third-order valence-electron chi connectivity index (χ3n) is 1.46. The number of rotatable bonds is 1. The molecule has 3 N–H and O–H groups in total. The van der Waals surface area contributed by atoms with Gasteiger partial charge in [0.05, 0.1) is 6.04 Å². The first kappa shape index (κ1) is 8.67. The fraction of sp³-hybridized carbons (Fsp3) is 0.833. The molecule has 0 bridgehead atoms. The van der Waals surface area contributed by atoms with E-state index in [1.807, 2.05) is 0 Å². The summed E-state index contributed by atoms with van der Waals surface area (Å²) in [5.74, 6) is 1.94. The van der Waals surface area contributed by atoms with Gasteiger partial charge < -0.3 is 15.7 Å². The minimum Gasteiger partial charge on any atom is -0.465 e. The van der Waals surface area contributed by atoms with Crippen LogP contribution in [0.1, 0.15) is 0 Å². The predicted octanol–water partition coefficient (Wildman–Crippen LogP) is -0.0410. The Morgan fingerprint density at radius 3 is 3.27 bits per heavy atom. The lowest BCUT2D eigenvalue weighted by atomic mass is 10.3. The standard InChI is InChI=1S/C6H12N2O2S/c9-6(10)8-5-3-7-1-2-11-4-5/h5,7-8H,1-4H2,(H,9,10). The van der Waals surface area contributed by atoms with Crippen LogP contribution >= 0.6 is 11.8 Å². The highest BCUT2D eigenvalue weighted by molar-refractivity contribution is 7.99. The van der Waals surface area contributed by atoms with E-state index in [0.717, 1.165) is 24.6 Å². The van der Waals surface area contributed by atoms with Gasteiger partial charge in [-0.05, 0) is 0 Å². The van der Waals surface area contributed by atoms with Crippen LogP contribution in [-0.2, 0) is 0 Å². The summed E-state index contributed by atoms with van der Waals surface area (Å²) < 4.78 is 0. The maximum Gasteiger partial charge on any atom is 0.404 e. The Morgan fingerprint density at radius 2 is 2.55 bits per heavy atom. The molecule has 1 rings (SSSR count). The molecule has 0 spiro atoms. The molecule has 0 aromatic carbocycles. The zero-order chi connectivity index (χ0) is 8.10. The highest BCUT2D eigenvalue weighted by atomic mass is 32.2. The number of hydrogen-bond acceptors (Lipinski definition) is 3. The molecule has 5 heteroatoms. The Hall–Kier alpha value is -0.420. The molecule has 0 aromatic rings. The van der Waals surface area contributed by atoms with Gasteiger partial charge in [0.15, 0.2) is 0 Å². The second-order valence-corrected chi connectivity index (χ2v) is 3.58. The number of nitrogens with one attached hydrogen (secondary N) is 2. The second kappa shape index (κ2) is 4.46. The quantitative estimate of drug-likeness (QED) is 0.524. The third kappa shape index (κ3) is 3.48. The van der Waals surface area contributed by atoms with Crippen molar-refractivity contribution in [1.82, 2.24) is 10.6 Å². The summed E-state index contributed by atoms with van der Waals surface area (Å²) in [5.41, 5.74) is 0. The smallest absolute Gasteiger partial charge is 0.404 e. The minimum absolute atomic E-state index is 0.0694. The number of amides is 1. The van der Waals surface area contributed by atoms with Crippen LogP contribution < -0.4 is 10.6 Å². The molecule has 1 amide bonds. The molecule has 11 heavy (non-hydrogen) atoms. The van der Waals surface area contributed by atoms with Crippen molar-refractivity contribution >= 4 is 17.9 Å². The van der Waals surface area contributed by atoms with Gasteiger partial charge in [-0.15, -0.1) is 0 Å². The van der Waals surface area contributed by atoms with Crippen LogP contribution in [0.4, 0.5) is 4.79 Å². The van der Waals surface area contributed by atoms with E-state index in [0.29, 0.717) is 0 Å². The molecule has 0 radical (unpaired) electrons. The van der Waals surface area contributed by atoms with Crippen molar-refractivity contribution < 1.29 is 9.90 Å². The van der Waals surface area contributed by atoms with Gasteiger partial charge in [0.25, 0.3) is 0 Å². The van der Waals surface area contributed by atoms with Gasteiger partial charge in [-0.25, -0.2) is 4.79 Å². The fourth-order valence-electron chi connectivity index (χ4n) is 0.972. The van der Waals surface area contributed by atoms with E-state index in [2.05, 4.69) is 10.6 Å². The van der Waals surface area contributed by atoms with Crippen LogP contribution in [0.15, 0.2) is 0 Å². The van der Waals surface area contributed by atoms with Gasteiger partial charge in [0.1, 0.15) is 0 Å². The summed E-state index contributed by atoms with van der Waals surface area (Å²) in [5, 5.41) is 14.0. The van der Waals surface area contributed by atoms with Gasteiger partial charge in [0.2, 0.25) is 0 Å². The maximum absolute atomic E-state index is 10.2. The summed E-state index contributed by atoms with van der Waals surface area (Å²) in [6.07, 6.45) is -0.931. The highest BCUT2D eigenvalue weighted by Crippen LogP contribution is 2.04. The van der Waals surface area contributed by atoms with Crippen LogP contribution in [-0.4, -0.2) is 41.8 Å². The average Bonchev–Trinajstić information content (AvgIpc) is 2.14. The van der Waals surface area contributed by atoms with E-state index in [1.54, 1.807) is 11.8 Å². The van der Waals surface area contributed by atoms with E-state index < -0.39 is 6.09 Å². The number of thioether (sulfide) groups is 1. The van der Waals surface area contributed by atoms with Crippen LogP contribution in [0.3, 0.4) is 0 Å². The van der Waals surface area contributed by atoms with E-state index in [-0.39, 0.29) is 6.04 Å². The Labute approximate surface area is 69.7 Å². The Balaban J connectivity index is 2.25. The lowest BCUT2D eigenvalue weighted by molar-refractivity contribution is 0.191. The van der Waals surface area contributed by atoms with Crippen molar-refractivity contribution in [2.75, 3.05) is 24.6 Å². The molecule has 0 aromatic heterocycles. The number of carboxylic acid groups (broad SMARTS) is 1. The topological polar surface area (TPSA) is 61.4 Å². The maximum atomic E-state index is 10.2. The largest absolute Gasteiger partial charge is 0.465 e. The molecule has 0 aliphatic carbocycles. The molecule has 1 aliphatic rings. The Bertz CT molecular complexity index is 135. The van der Waals surface area contributed by atoms with Crippen LogP contribution in [0.25, 0.3) is 0 Å². The molecule has 1 heterocycles. The molecule has 1 saturated heterocycles. The molecule has 4 nitrogen and oxygen atoms in total. The average molecular weight is 176 g/mol. The molecular weight excluding hydrogens is 164 g/mol. The first-order valence-electron chi connectivity index (χ1n) is 3.57. The first-order chi connectivity index (χ1) is 5.29. The summed E-state index contributed by atoms with van der Waals surface area (Å²) in [4.78, 5) is 10.2. The lowest BCUT2D eigenvalue weighted by Crippen LogP contribution is -2.41. The van der Waals surface area contributed by atoms with Crippen LogP contribution in [0.5, 0.6) is 0 Å². The van der Waals surface area contributed by atoms with Crippen molar-refractivity contribution in [3.63, 3.8) is 0 Å². The molecule has 1 atom stereocenters. The summed E-state index contributed by atoms with van der Waals surface area (Å²) in [6, 6.07) is 0.0694. The van der Waals surface area contributed by atoms with Gasteiger partial charge in [-0.2, -0.15) is 11.8 Å². The summed E-state index contributed by atoms with van der Waals surface area (Å²) >= 11 is 1.78. The predicted molar refractivity (Wildman–Crippen MR) is 45.1 cm³/mol. The fourth-order valence-corrected chi connectivity index (χ4v) is 1.91. The summed E-state index contributed by atoms with van der Waals surface area (Å²) in [6.45, 7) is 1.72. The minimum atomic E-state index is -0.931. The second-order valence-electron chi connectivity index (χ2n) is 2.43. The lowest BCUT2D eigenvalue weighted by Gasteiger charge is -2.12. The van der Waals surface area contributed by atoms with Crippen molar-refractivity contribution in [1.29, 1.82) is 0 Å².